The molecule has 2 aromatic heterocycles. The van der Waals surface area contributed by atoms with E-state index in [4.69, 9.17) is 4.98 Å². The Morgan fingerprint density at radius 1 is 1.12 bits per heavy atom. The van der Waals surface area contributed by atoms with Crippen LogP contribution in [0.3, 0.4) is 0 Å². The number of amides is 2. The zero-order valence-electron chi connectivity index (χ0n) is 18.6. The van der Waals surface area contributed by atoms with Crippen molar-refractivity contribution >= 4 is 22.5 Å². The third-order valence-electron chi connectivity index (χ3n) is 5.51. The standard InChI is InChI=1S/C24H26N6OS/c1-14-8-20(9-15(2)27-14)22-21(19-7-5-6-18(10-19)11-25)28-23(32-22)29-24(31)30-16(3)12-26-13-17(30)4/h5-10,16-17,26H,12-13H2,1-4H3,(H,28,29,31)/t16-,17-/m1/s1. The first-order valence-electron chi connectivity index (χ1n) is 10.6. The van der Waals surface area contributed by atoms with Crippen molar-refractivity contribution in [3.63, 3.8) is 0 Å². The van der Waals surface area contributed by atoms with Gasteiger partial charge in [0.2, 0.25) is 0 Å². The van der Waals surface area contributed by atoms with Crippen LogP contribution in [-0.4, -0.2) is 46.1 Å². The molecular weight excluding hydrogens is 420 g/mol. The summed E-state index contributed by atoms with van der Waals surface area (Å²) in [6.07, 6.45) is 0. The molecule has 1 fully saturated rings. The van der Waals surface area contributed by atoms with Gasteiger partial charge in [0.15, 0.2) is 5.13 Å². The van der Waals surface area contributed by atoms with E-state index in [1.54, 1.807) is 6.07 Å². The second kappa shape index (κ2) is 9.07. The van der Waals surface area contributed by atoms with Crippen LogP contribution in [0.4, 0.5) is 9.93 Å². The summed E-state index contributed by atoms with van der Waals surface area (Å²) in [6, 6.07) is 13.6. The van der Waals surface area contributed by atoms with Crippen LogP contribution in [0.25, 0.3) is 21.7 Å². The van der Waals surface area contributed by atoms with Gasteiger partial charge in [0, 0.05) is 42.1 Å². The smallest absolute Gasteiger partial charge is 0.317 e. The summed E-state index contributed by atoms with van der Waals surface area (Å²) < 4.78 is 0. The number of aryl methyl sites for hydroxylation is 2. The largest absolute Gasteiger partial charge is 0.324 e. The molecule has 2 N–H and O–H groups in total. The number of thiazole rings is 1. The van der Waals surface area contributed by atoms with E-state index >= 15 is 0 Å². The third-order valence-corrected chi connectivity index (χ3v) is 6.53. The van der Waals surface area contributed by atoms with Crippen LogP contribution in [0.5, 0.6) is 0 Å². The number of nitrogens with one attached hydrogen (secondary N) is 2. The predicted octanol–water partition coefficient (Wildman–Crippen LogP) is 4.57. The molecular formula is C24H26N6OS. The lowest BCUT2D eigenvalue weighted by molar-refractivity contribution is 0.143. The predicted molar refractivity (Wildman–Crippen MR) is 128 cm³/mol. The Balaban J connectivity index is 1.75. The first kappa shape index (κ1) is 21.9. The molecule has 0 radical (unpaired) electrons. The fourth-order valence-corrected chi connectivity index (χ4v) is 5.12. The number of anilines is 1. The highest BCUT2D eigenvalue weighted by Gasteiger charge is 2.29. The van der Waals surface area contributed by atoms with Crippen LogP contribution in [-0.2, 0) is 0 Å². The van der Waals surface area contributed by atoms with Crippen molar-refractivity contribution in [2.24, 2.45) is 0 Å². The summed E-state index contributed by atoms with van der Waals surface area (Å²) in [5, 5.41) is 16.2. The molecule has 1 saturated heterocycles. The molecule has 0 bridgehead atoms. The van der Waals surface area contributed by atoms with Crippen molar-refractivity contribution in [3.8, 4) is 27.8 Å². The summed E-state index contributed by atoms with van der Waals surface area (Å²) in [6.45, 7) is 9.53. The highest BCUT2D eigenvalue weighted by Crippen LogP contribution is 2.39. The zero-order chi connectivity index (χ0) is 22.8. The maximum Gasteiger partial charge on any atom is 0.324 e. The van der Waals surface area contributed by atoms with E-state index in [9.17, 15) is 10.1 Å². The number of carbonyl (C=O) groups is 1. The van der Waals surface area contributed by atoms with Crippen LogP contribution in [0, 0.1) is 25.2 Å². The van der Waals surface area contributed by atoms with Crippen molar-refractivity contribution in [1.82, 2.24) is 20.2 Å². The maximum absolute atomic E-state index is 13.1. The highest BCUT2D eigenvalue weighted by molar-refractivity contribution is 7.19. The van der Waals surface area contributed by atoms with Gasteiger partial charge in [0.05, 0.1) is 22.2 Å². The minimum Gasteiger partial charge on any atom is -0.317 e. The molecule has 8 heteroatoms. The summed E-state index contributed by atoms with van der Waals surface area (Å²) in [5.74, 6) is 0. The van der Waals surface area contributed by atoms with Gasteiger partial charge in [-0.15, -0.1) is 0 Å². The lowest BCUT2D eigenvalue weighted by Crippen LogP contribution is -2.58. The Morgan fingerprint density at radius 3 is 2.47 bits per heavy atom. The third kappa shape index (κ3) is 4.49. The molecule has 164 valence electrons. The number of pyridine rings is 1. The first-order chi connectivity index (χ1) is 15.4. The van der Waals surface area contributed by atoms with E-state index in [1.165, 1.54) is 11.3 Å². The number of nitrogens with zero attached hydrogens (tertiary/aromatic N) is 4. The molecule has 1 aliphatic rings. The fraction of sp³-hybridized carbons (Fsp3) is 0.333. The van der Waals surface area contributed by atoms with Gasteiger partial charge in [0.1, 0.15) is 0 Å². The van der Waals surface area contributed by atoms with Gasteiger partial charge in [-0.25, -0.2) is 9.78 Å². The molecule has 3 heterocycles. The number of carbonyl (C=O) groups excluding carboxylic acids is 1. The molecule has 7 nitrogen and oxygen atoms in total. The summed E-state index contributed by atoms with van der Waals surface area (Å²) in [5.41, 5.74) is 4.98. The van der Waals surface area contributed by atoms with Gasteiger partial charge in [-0.2, -0.15) is 5.26 Å². The van der Waals surface area contributed by atoms with E-state index in [1.807, 2.05) is 62.9 Å². The highest BCUT2D eigenvalue weighted by atomic mass is 32.1. The second-order valence-electron chi connectivity index (χ2n) is 8.22. The van der Waals surface area contributed by atoms with Crippen LogP contribution in [0.1, 0.15) is 30.8 Å². The van der Waals surface area contributed by atoms with E-state index in [0.717, 1.165) is 46.2 Å². The van der Waals surface area contributed by atoms with Gasteiger partial charge in [0.25, 0.3) is 0 Å². The fourth-order valence-electron chi connectivity index (χ4n) is 4.16. The average Bonchev–Trinajstić information content (AvgIpc) is 3.17. The van der Waals surface area contributed by atoms with E-state index in [0.29, 0.717) is 10.7 Å². The van der Waals surface area contributed by atoms with Crippen LogP contribution in [0.2, 0.25) is 0 Å². The van der Waals surface area contributed by atoms with E-state index < -0.39 is 0 Å². The van der Waals surface area contributed by atoms with Gasteiger partial charge >= 0.3 is 6.03 Å². The second-order valence-corrected chi connectivity index (χ2v) is 9.22. The molecule has 2 amide bonds. The number of nitriles is 1. The number of benzene rings is 1. The molecule has 3 aromatic rings. The van der Waals surface area contributed by atoms with Crippen molar-refractivity contribution in [1.29, 1.82) is 5.26 Å². The Bertz CT molecular complexity index is 1170. The van der Waals surface area contributed by atoms with E-state index in [-0.39, 0.29) is 18.1 Å². The SMILES string of the molecule is Cc1cc(-c2sc(NC(=O)N3[C@H](C)CNC[C@H]3C)nc2-c2cccc(C#N)c2)cc(C)n1. The quantitative estimate of drug-likeness (QED) is 0.614. The van der Waals surface area contributed by atoms with Crippen molar-refractivity contribution in [3.05, 3.63) is 53.3 Å². The van der Waals surface area contributed by atoms with Crippen molar-refractivity contribution in [2.45, 2.75) is 39.8 Å². The summed E-state index contributed by atoms with van der Waals surface area (Å²) in [4.78, 5) is 25.2. The van der Waals surface area contributed by atoms with Crippen molar-refractivity contribution < 1.29 is 4.79 Å². The number of aromatic nitrogens is 2. The Morgan fingerprint density at radius 2 is 1.81 bits per heavy atom. The Labute approximate surface area is 192 Å². The Hall–Kier alpha value is -3.28. The topological polar surface area (TPSA) is 93.9 Å². The molecule has 32 heavy (non-hydrogen) atoms. The molecule has 0 saturated carbocycles. The summed E-state index contributed by atoms with van der Waals surface area (Å²) in [7, 11) is 0. The minimum absolute atomic E-state index is 0.0930. The molecule has 0 aliphatic carbocycles. The first-order valence-corrected chi connectivity index (χ1v) is 11.4. The maximum atomic E-state index is 13.1. The van der Waals surface area contributed by atoms with Gasteiger partial charge in [-0.05, 0) is 57.5 Å². The van der Waals surface area contributed by atoms with Gasteiger partial charge < -0.3 is 10.2 Å². The molecule has 4 rings (SSSR count). The monoisotopic (exact) mass is 446 g/mol. The van der Waals surface area contributed by atoms with Crippen molar-refractivity contribution in [2.75, 3.05) is 18.4 Å². The zero-order valence-corrected chi connectivity index (χ0v) is 19.5. The van der Waals surface area contributed by atoms with Gasteiger partial charge in [-0.1, -0.05) is 23.5 Å². The summed E-state index contributed by atoms with van der Waals surface area (Å²) >= 11 is 1.44. The normalized spacial score (nSPS) is 18.3. The average molecular weight is 447 g/mol. The molecule has 1 aromatic carbocycles. The van der Waals surface area contributed by atoms with Crippen LogP contribution >= 0.6 is 11.3 Å². The van der Waals surface area contributed by atoms with Crippen LogP contribution < -0.4 is 10.6 Å². The number of urea groups is 1. The number of rotatable bonds is 3. The van der Waals surface area contributed by atoms with E-state index in [2.05, 4.69) is 21.7 Å². The molecule has 2 atom stereocenters. The lowest BCUT2D eigenvalue weighted by Gasteiger charge is -2.39. The van der Waals surface area contributed by atoms with Gasteiger partial charge in [-0.3, -0.25) is 10.3 Å². The minimum atomic E-state index is -0.147. The Kier molecular flexibility index (Phi) is 6.21. The molecule has 1 aliphatic heterocycles. The number of hydrogen-bond acceptors (Lipinski definition) is 6. The number of hydrogen-bond donors (Lipinski definition) is 2. The molecule has 0 spiro atoms. The number of piperazine rings is 1. The lowest BCUT2D eigenvalue weighted by atomic mass is 10.0. The molecule has 0 unspecified atom stereocenters. The van der Waals surface area contributed by atoms with Crippen LogP contribution in [0.15, 0.2) is 36.4 Å².